The lowest BCUT2D eigenvalue weighted by Crippen LogP contribution is -1.99. The third-order valence-corrected chi connectivity index (χ3v) is 1.51. The van der Waals surface area contributed by atoms with E-state index < -0.39 is 0 Å². The normalized spacial score (nSPS) is 10.8. The average molecular weight is 140 g/mol. The first-order valence-electron chi connectivity index (χ1n) is 3.33. The monoisotopic (exact) mass is 140 g/mol. The van der Waals surface area contributed by atoms with Crippen molar-refractivity contribution in [1.29, 1.82) is 0 Å². The Morgan fingerprint density at radius 2 is 2.20 bits per heavy atom. The average Bonchev–Trinajstić information content (AvgIpc) is 2.11. The SMILES string of the molecule is CC(C)c1c(O)cnn1C. The summed E-state index contributed by atoms with van der Waals surface area (Å²) in [4.78, 5) is 0. The van der Waals surface area contributed by atoms with Gasteiger partial charge in [0.25, 0.3) is 0 Å². The standard InChI is InChI=1S/C7H12N2O/c1-5(2)7-6(10)4-8-9(7)3/h4-5,10H,1-3H3. The fraction of sp³-hybridized carbons (Fsp3) is 0.571. The molecule has 10 heavy (non-hydrogen) atoms. The molecule has 0 aliphatic heterocycles. The number of aryl methyl sites for hydroxylation is 1. The van der Waals surface area contributed by atoms with Crippen molar-refractivity contribution in [2.24, 2.45) is 7.05 Å². The molecule has 0 aliphatic rings. The summed E-state index contributed by atoms with van der Waals surface area (Å²) in [6.45, 7) is 4.05. The fourth-order valence-corrected chi connectivity index (χ4v) is 1.10. The summed E-state index contributed by atoms with van der Waals surface area (Å²) in [5.41, 5.74) is 0.889. The van der Waals surface area contributed by atoms with Crippen LogP contribution in [0.15, 0.2) is 6.20 Å². The Bertz CT molecular complexity index is 208. The lowest BCUT2D eigenvalue weighted by molar-refractivity contribution is 0.461. The van der Waals surface area contributed by atoms with Gasteiger partial charge in [0.2, 0.25) is 0 Å². The van der Waals surface area contributed by atoms with Crippen molar-refractivity contribution in [3.8, 4) is 5.75 Å². The number of nitrogens with zero attached hydrogens (tertiary/aromatic N) is 2. The maximum Gasteiger partial charge on any atom is 0.157 e. The van der Waals surface area contributed by atoms with Gasteiger partial charge in [0.05, 0.1) is 11.9 Å². The van der Waals surface area contributed by atoms with Crippen molar-refractivity contribution in [3.63, 3.8) is 0 Å². The minimum Gasteiger partial charge on any atom is -0.504 e. The van der Waals surface area contributed by atoms with Gasteiger partial charge in [-0.2, -0.15) is 5.10 Å². The second-order valence-electron chi connectivity index (χ2n) is 2.69. The van der Waals surface area contributed by atoms with Crippen LogP contribution < -0.4 is 0 Å². The smallest absolute Gasteiger partial charge is 0.157 e. The van der Waals surface area contributed by atoms with Crippen LogP contribution >= 0.6 is 0 Å². The highest BCUT2D eigenvalue weighted by Gasteiger charge is 2.09. The summed E-state index contributed by atoms with van der Waals surface area (Å²) in [6, 6.07) is 0. The van der Waals surface area contributed by atoms with Crippen LogP contribution in [0.4, 0.5) is 0 Å². The molecule has 1 N–H and O–H groups in total. The predicted octanol–water partition coefficient (Wildman–Crippen LogP) is 1.25. The predicted molar refractivity (Wildman–Crippen MR) is 39.0 cm³/mol. The van der Waals surface area contributed by atoms with Crippen LogP contribution in [-0.2, 0) is 7.05 Å². The van der Waals surface area contributed by atoms with E-state index in [1.807, 2.05) is 20.9 Å². The number of hydrogen-bond acceptors (Lipinski definition) is 2. The molecule has 3 nitrogen and oxygen atoms in total. The second-order valence-corrected chi connectivity index (χ2v) is 2.69. The molecular formula is C7H12N2O. The molecule has 0 saturated carbocycles. The Morgan fingerprint density at radius 3 is 2.40 bits per heavy atom. The van der Waals surface area contributed by atoms with Gasteiger partial charge in [-0.15, -0.1) is 0 Å². The van der Waals surface area contributed by atoms with Gasteiger partial charge >= 0.3 is 0 Å². The second kappa shape index (κ2) is 2.33. The number of aromatic hydroxyl groups is 1. The topological polar surface area (TPSA) is 38.1 Å². The summed E-state index contributed by atoms with van der Waals surface area (Å²) in [5.74, 6) is 0.616. The van der Waals surface area contributed by atoms with Crippen molar-refractivity contribution >= 4 is 0 Å². The molecule has 0 aliphatic carbocycles. The van der Waals surface area contributed by atoms with E-state index in [-0.39, 0.29) is 5.75 Å². The Hall–Kier alpha value is -0.990. The van der Waals surface area contributed by atoms with Crippen molar-refractivity contribution in [3.05, 3.63) is 11.9 Å². The lowest BCUT2D eigenvalue weighted by Gasteiger charge is -2.04. The highest BCUT2D eigenvalue weighted by atomic mass is 16.3. The molecule has 1 rings (SSSR count). The Kier molecular flexibility index (Phi) is 1.66. The summed E-state index contributed by atoms with van der Waals surface area (Å²) in [7, 11) is 1.83. The van der Waals surface area contributed by atoms with Gasteiger partial charge in [-0.25, -0.2) is 0 Å². The lowest BCUT2D eigenvalue weighted by atomic mass is 10.1. The molecule has 0 bridgehead atoms. The maximum absolute atomic E-state index is 9.22. The molecule has 1 aromatic heterocycles. The molecular weight excluding hydrogens is 128 g/mol. The molecule has 0 atom stereocenters. The van der Waals surface area contributed by atoms with Crippen molar-refractivity contribution in [2.75, 3.05) is 0 Å². The maximum atomic E-state index is 9.22. The van der Waals surface area contributed by atoms with Crippen LogP contribution in [0, 0.1) is 0 Å². The van der Waals surface area contributed by atoms with E-state index in [2.05, 4.69) is 5.10 Å². The van der Waals surface area contributed by atoms with Gasteiger partial charge in [0.15, 0.2) is 5.75 Å². The third kappa shape index (κ3) is 0.988. The molecule has 3 heteroatoms. The summed E-state index contributed by atoms with van der Waals surface area (Å²) >= 11 is 0. The van der Waals surface area contributed by atoms with Crippen molar-refractivity contribution in [2.45, 2.75) is 19.8 Å². The van der Waals surface area contributed by atoms with Crippen LogP contribution in [0.25, 0.3) is 0 Å². The van der Waals surface area contributed by atoms with Crippen LogP contribution in [-0.4, -0.2) is 14.9 Å². The zero-order chi connectivity index (χ0) is 7.72. The number of aromatic nitrogens is 2. The molecule has 0 amide bonds. The van der Waals surface area contributed by atoms with E-state index in [0.717, 1.165) is 5.69 Å². The zero-order valence-corrected chi connectivity index (χ0v) is 6.50. The fourth-order valence-electron chi connectivity index (χ4n) is 1.10. The van der Waals surface area contributed by atoms with E-state index in [4.69, 9.17) is 0 Å². The van der Waals surface area contributed by atoms with Crippen LogP contribution in [0.1, 0.15) is 25.5 Å². The van der Waals surface area contributed by atoms with E-state index >= 15 is 0 Å². The molecule has 1 heterocycles. The van der Waals surface area contributed by atoms with Crippen molar-refractivity contribution < 1.29 is 5.11 Å². The van der Waals surface area contributed by atoms with Gasteiger partial charge in [0.1, 0.15) is 0 Å². The number of hydrogen-bond donors (Lipinski definition) is 1. The van der Waals surface area contributed by atoms with E-state index in [0.29, 0.717) is 5.92 Å². The minimum absolute atomic E-state index is 0.289. The van der Waals surface area contributed by atoms with Crippen LogP contribution in [0.5, 0.6) is 5.75 Å². The van der Waals surface area contributed by atoms with Crippen LogP contribution in [0.2, 0.25) is 0 Å². The molecule has 0 unspecified atom stereocenters. The summed E-state index contributed by atoms with van der Waals surface area (Å²) < 4.78 is 1.69. The van der Waals surface area contributed by atoms with E-state index in [1.165, 1.54) is 6.20 Å². The van der Waals surface area contributed by atoms with Gasteiger partial charge in [-0.1, -0.05) is 13.8 Å². The zero-order valence-electron chi connectivity index (χ0n) is 6.50. The highest BCUT2D eigenvalue weighted by molar-refractivity contribution is 5.25. The Labute approximate surface area is 60.3 Å². The number of rotatable bonds is 1. The first kappa shape index (κ1) is 7.12. The molecule has 0 fully saturated rings. The van der Waals surface area contributed by atoms with Crippen molar-refractivity contribution in [1.82, 2.24) is 9.78 Å². The van der Waals surface area contributed by atoms with E-state index in [1.54, 1.807) is 4.68 Å². The first-order chi connectivity index (χ1) is 4.63. The van der Waals surface area contributed by atoms with E-state index in [9.17, 15) is 5.11 Å². The van der Waals surface area contributed by atoms with Gasteiger partial charge in [-0.3, -0.25) is 4.68 Å². The highest BCUT2D eigenvalue weighted by Crippen LogP contribution is 2.23. The Balaban J connectivity index is 3.10. The molecule has 0 saturated heterocycles. The molecule has 0 spiro atoms. The minimum atomic E-state index is 0.289. The summed E-state index contributed by atoms with van der Waals surface area (Å²) in [6.07, 6.45) is 1.47. The molecule has 1 aromatic rings. The third-order valence-electron chi connectivity index (χ3n) is 1.51. The van der Waals surface area contributed by atoms with Gasteiger partial charge < -0.3 is 5.11 Å². The molecule has 56 valence electrons. The van der Waals surface area contributed by atoms with Crippen LogP contribution in [0.3, 0.4) is 0 Å². The van der Waals surface area contributed by atoms with Gasteiger partial charge in [0, 0.05) is 7.05 Å². The van der Waals surface area contributed by atoms with Gasteiger partial charge in [-0.05, 0) is 5.92 Å². The molecule has 0 radical (unpaired) electrons. The Morgan fingerprint density at radius 1 is 1.60 bits per heavy atom. The first-order valence-corrected chi connectivity index (χ1v) is 3.33. The molecule has 0 aromatic carbocycles. The largest absolute Gasteiger partial charge is 0.504 e. The quantitative estimate of drug-likeness (QED) is 0.637. The summed E-state index contributed by atoms with van der Waals surface area (Å²) in [5, 5.41) is 13.1.